The third-order valence-corrected chi connectivity index (χ3v) is 4.78. The van der Waals surface area contributed by atoms with Gasteiger partial charge < -0.3 is 14.8 Å². The minimum absolute atomic E-state index is 0.321. The van der Waals surface area contributed by atoms with Gasteiger partial charge in [0.15, 0.2) is 11.5 Å². The molecule has 0 bridgehead atoms. The molecule has 2 atom stereocenters. The van der Waals surface area contributed by atoms with Gasteiger partial charge in [-0.3, -0.25) is 0 Å². The quantitative estimate of drug-likeness (QED) is 0.846. The normalized spacial score (nSPS) is 19.0. The summed E-state index contributed by atoms with van der Waals surface area (Å²) in [6.07, 6.45) is 6.93. The highest BCUT2D eigenvalue weighted by Gasteiger charge is 2.21. The fraction of sp³-hybridized carbons (Fsp3) is 0.667. The van der Waals surface area contributed by atoms with Gasteiger partial charge in [0.25, 0.3) is 0 Å². The molecule has 1 aromatic carbocycles. The highest BCUT2D eigenvalue weighted by molar-refractivity contribution is 5.43. The maximum atomic E-state index is 5.40. The van der Waals surface area contributed by atoms with E-state index < -0.39 is 0 Å². The average Bonchev–Trinajstić information content (AvgIpc) is 2.54. The third kappa shape index (κ3) is 4.13. The molecular formula is C18H29NO2. The minimum atomic E-state index is 0.321. The third-order valence-electron chi connectivity index (χ3n) is 4.78. The van der Waals surface area contributed by atoms with E-state index in [9.17, 15) is 0 Å². The summed E-state index contributed by atoms with van der Waals surface area (Å²) in [4.78, 5) is 0. The molecule has 1 aliphatic carbocycles. The van der Waals surface area contributed by atoms with Crippen molar-refractivity contribution in [3.63, 3.8) is 0 Å². The van der Waals surface area contributed by atoms with Gasteiger partial charge in [0.1, 0.15) is 0 Å². The molecule has 0 saturated heterocycles. The van der Waals surface area contributed by atoms with Gasteiger partial charge in [-0.2, -0.15) is 0 Å². The molecule has 21 heavy (non-hydrogen) atoms. The van der Waals surface area contributed by atoms with Crippen molar-refractivity contribution in [2.45, 2.75) is 58.0 Å². The van der Waals surface area contributed by atoms with E-state index in [2.05, 4.69) is 31.3 Å². The van der Waals surface area contributed by atoms with Crippen LogP contribution in [0.15, 0.2) is 18.2 Å². The first-order valence-electron chi connectivity index (χ1n) is 8.13. The average molecular weight is 291 g/mol. The second-order valence-corrected chi connectivity index (χ2v) is 6.19. The van der Waals surface area contributed by atoms with E-state index in [1.54, 1.807) is 14.2 Å². The molecule has 0 heterocycles. The fourth-order valence-electron chi connectivity index (χ4n) is 3.38. The lowest BCUT2D eigenvalue weighted by molar-refractivity contribution is 0.268. The van der Waals surface area contributed by atoms with Crippen LogP contribution in [0, 0.1) is 5.92 Å². The van der Waals surface area contributed by atoms with Gasteiger partial charge in [-0.1, -0.05) is 25.3 Å². The monoisotopic (exact) mass is 291 g/mol. The Kier molecular flexibility index (Phi) is 5.92. The van der Waals surface area contributed by atoms with Crippen LogP contribution in [-0.4, -0.2) is 20.3 Å². The van der Waals surface area contributed by atoms with Crippen LogP contribution in [0.1, 0.15) is 57.6 Å². The summed E-state index contributed by atoms with van der Waals surface area (Å²) in [5.41, 5.74) is 1.25. The number of benzene rings is 1. The van der Waals surface area contributed by atoms with Crippen LogP contribution in [0.5, 0.6) is 11.5 Å². The van der Waals surface area contributed by atoms with Crippen molar-refractivity contribution in [1.82, 2.24) is 5.32 Å². The molecule has 1 aliphatic rings. The zero-order chi connectivity index (χ0) is 15.2. The fourth-order valence-corrected chi connectivity index (χ4v) is 3.38. The Morgan fingerprint density at radius 3 is 2.29 bits per heavy atom. The maximum absolute atomic E-state index is 5.40. The van der Waals surface area contributed by atoms with E-state index in [1.807, 2.05) is 6.07 Å². The summed E-state index contributed by atoms with van der Waals surface area (Å²) in [6, 6.07) is 7.06. The number of nitrogens with one attached hydrogen (secondary N) is 1. The van der Waals surface area contributed by atoms with Gasteiger partial charge >= 0.3 is 0 Å². The van der Waals surface area contributed by atoms with Gasteiger partial charge in [0, 0.05) is 12.1 Å². The zero-order valence-corrected chi connectivity index (χ0v) is 13.8. The van der Waals surface area contributed by atoms with Crippen molar-refractivity contribution in [2.24, 2.45) is 5.92 Å². The highest BCUT2D eigenvalue weighted by Crippen LogP contribution is 2.31. The summed E-state index contributed by atoms with van der Waals surface area (Å²) in [7, 11) is 3.36. The van der Waals surface area contributed by atoms with Gasteiger partial charge in [0.2, 0.25) is 0 Å². The van der Waals surface area contributed by atoms with Crippen LogP contribution in [0.3, 0.4) is 0 Å². The summed E-state index contributed by atoms with van der Waals surface area (Å²) < 4.78 is 10.7. The highest BCUT2D eigenvalue weighted by atomic mass is 16.5. The second kappa shape index (κ2) is 7.69. The Balaban J connectivity index is 2.00. The lowest BCUT2D eigenvalue weighted by Crippen LogP contribution is -2.36. The molecule has 2 rings (SSSR count). The number of methoxy groups -OCH3 is 2. The molecule has 1 fully saturated rings. The first-order valence-corrected chi connectivity index (χ1v) is 8.13. The molecule has 0 amide bonds. The van der Waals surface area contributed by atoms with Crippen LogP contribution < -0.4 is 14.8 Å². The predicted molar refractivity (Wildman–Crippen MR) is 87.1 cm³/mol. The van der Waals surface area contributed by atoms with Crippen LogP contribution in [0.4, 0.5) is 0 Å². The van der Waals surface area contributed by atoms with Crippen molar-refractivity contribution >= 4 is 0 Å². The van der Waals surface area contributed by atoms with Crippen molar-refractivity contribution in [3.05, 3.63) is 23.8 Å². The first kappa shape index (κ1) is 16.2. The topological polar surface area (TPSA) is 30.5 Å². The van der Waals surface area contributed by atoms with Crippen molar-refractivity contribution in [1.29, 1.82) is 0 Å². The molecule has 1 unspecified atom stereocenters. The minimum Gasteiger partial charge on any atom is -0.493 e. The standard InChI is InChI=1S/C18H29NO2/c1-13(15-8-6-5-7-9-15)19-14(2)16-10-11-17(20-3)18(12-16)21-4/h10-15,19H,5-9H2,1-4H3/t13-,14?/m1/s1. The molecule has 1 aromatic rings. The Labute approximate surface area is 129 Å². The van der Waals surface area contributed by atoms with Gasteiger partial charge in [-0.05, 0) is 50.3 Å². The summed E-state index contributed by atoms with van der Waals surface area (Å²) in [6.45, 7) is 4.55. The van der Waals surface area contributed by atoms with E-state index in [0.29, 0.717) is 12.1 Å². The number of hydrogen-bond donors (Lipinski definition) is 1. The van der Waals surface area contributed by atoms with E-state index in [4.69, 9.17) is 9.47 Å². The van der Waals surface area contributed by atoms with E-state index >= 15 is 0 Å². The maximum Gasteiger partial charge on any atom is 0.161 e. The summed E-state index contributed by atoms with van der Waals surface area (Å²) in [5.74, 6) is 2.41. The molecule has 0 aromatic heterocycles. The SMILES string of the molecule is COc1ccc(C(C)N[C@H](C)C2CCCCC2)cc1OC. The largest absolute Gasteiger partial charge is 0.493 e. The van der Waals surface area contributed by atoms with Gasteiger partial charge in [-0.15, -0.1) is 0 Å². The Hall–Kier alpha value is -1.22. The molecule has 0 radical (unpaired) electrons. The van der Waals surface area contributed by atoms with Crippen LogP contribution in [0.25, 0.3) is 0 Å². The Morgan fingerprint density at radius 1 is 1.00 bits per heavy atom. The van der Waals surface area contributed by atoms with Crippen LogP contribution in [0.2, 0.25) is 0 Å². The predicted octanol–water partition coefficient (Wildman–Crippen LogP) is 4.32. The zero-order valence-electron chi connectivity index (χ0n) is 13.8. The van der Waals surface area contributed by atoms with Gasteiger partial charge in [0.05, 0.1) is 14.2 Å². The Morgan fingerprint density at radius 2 is 1.67 bits per heavy atom. The van der Waals surface area contributed by atoms with Crippen molar-refractivity contribution < 1.29 is 9.47 Å². The molecule has 3 heteroatoms. The Bertz CT molecular complexity index is 441. The molecule has 1 saturated carbocycles. The molecule has 3 nitrogen and oxygen atoms in total. The van der Waals surface area contributed by atoms with E-state index in [0.717, 1.165) is 17.4 Å². The molecular weight excluding hydrogens is 262 g/mol. The summed E-state index contributed by atoms with van der Waals surface area (Å²) in [5, 5.41) is 3.76. The lowest BCUT2D eigenvalue weighted by atomic mass is 9.84. The van der Waals surface area contributed by atoms with Gasteiger partial charge in [-0.25, -0.2) is 0 Å². The first-order chi connectivity index (χ1) is 10.2. The lowest BCUT2D eigenvalue weighted by Gasteiger charge is -2.31. The molecule has 0 spiro atoms. The number of hydrogen-bond acceptors (Lipinski definition) is 3. The van der Waals surface area contributed by atoms with Crippen molar-refractivity contribution in [3.8, 4) is 11.5 Å². The molecule has 0 aliphatic heterocycles. The number of rotatable bonds is 6. The van der Waals surface area contributed by atoms with Crippen LogP contribution in [-0.2, 0) is 0 Å². The smallest absolute Gasteiger partial charge is 0.161 e. The van der Waals surface area contributed by atoms with Crippen LogP contribution >= 0.6 is 0 Å². The second-order valence-electron chi connectivity index (χ2n) is 6.19. The molecule has 118 valence electrons. The van der Waals surface area contributed by atoms with E-state index in [1.165, 1.54) is 37.7 Å². The summed E-state index contributed by atoms with van der Waals surface area (Å²) >= 11 is 0. The number of ether oxygens (including phenoxy) is 2. The molecule has 1 N–H and O–H groups in total. The van der Waals surface area contributed by atoms with E-state index in [-0.39, 0.29) is 0 Å². The van der Waals surface area contributed by atoms with Crippen molar-refractivity contribution in [2.75, 3.05) is 14.2 Å².